The maximum absolute atomic E-state index is 5.86. The Balaban J connectivity index is 2.47. The van der Waals surface area contributed by atoms with Gasteiger partial charge in [0.05, 0.1) is 19.8 Å². The van der Waals surface area contributed by atoms with Gasteiger partial charge in [-0.05, 0) is 23.6 Å². The first-order chi connectivity index (χ1) is 7.67. The zero-order valence-electron chi connectivity index (χ0n) is 10.1. The number of hydrogen-bond acceptors (Lipinski definition) is 2. The molecule has 0 saturated heterocycles. The highest BCUT2D eigenvalue weighted by Gasteiger charge is 2.11. The lowest BCUT2D eigenvalue weighted by Crippen LogP contribution is -2.21. The smallest absolute Gasteiger partial charge is 0.118 e. The average molecular weight is 334 g/mol. The monoisotopic (exact) mass is 334 g/mol. The van der Waals surface area contributed by atoms with Crippen LogP contribution in [0.4, 0.5) is 0 Å². The summed E-state index contributed by atoms with van der Waals surface area (Å²) < 4.78 is 12.0. The van der Waals surface area contributed by atoms with E-state index in [1.807, 2.05) is 24.3 Å². The summed E-state index contributed by atoms with van der Waals surface area (Å²) in [5.74, 6) is 1.45. The first kappa shape index (κ1) is 13.8. The van der Waals surface area contributed by atoms with Crippen LogP contribution in [0.25, 0.3) is 0 Å². The molecule has 0 spiro atoms. The lowest BCUT2D eigenvalue weighted by atomic mass is 10.1. The van der Waals surface area contributed by atoms with E-state index in [0.717, 1.165) is 10.2 Å². The molecule has 0 fully saturated rings. The van der Waals surface area contributed by atoms with Gasteiger partial charge in [0, 0.05) is 4.43 Å². The summed E-state index contributed by atoms with van der Waals surface area (Å²) in [5, 5.41) is 0. The third-order valence-corrected chi connectivity index (χ3v) is 3.39. The van der Waals surface area contributed by atoms with E-state index >= 15 is 0 Å². The van der Waals surface area contributed by atoms with E-state index in [1.165, 1.54) is 5.56 Å². The maximum atomic E-state index is 5.86. The van der Waals surface area contributed by atoms with Gasteiger partial charge < -0.3 is 9.47 Å². The molecule has 0 bridgehead atoms. The van der Waals surface area contributed by atoms with Gasteiger partial charge in [0.25, 0.3) is 0 Å². The number of methoxy groups -OCH3 is 1. The summed E-state index contributed by atoms with van der Waals surface area (Å²) in [5.41, 5.74) is 1.19. The Bertz CT molecular complexity index is 295. The second-order valence-electron chi connectivity index (χ2n) is 4.10. The molecule has 90 valence electrons. The van der Waals surface area contributed by atoms with Gasteiger partial charge in [-0.2, -0.15) is 0 Å². The Morgan fingerprint density at radius 2 is 1.81 bits per heavy atom. The third kappa shape index (κ3) is 4.29. The van der Waals surface area contributed by atoms with E-state index in [-0.39, 0.29) is 0 Å². The van der Waals surface area contributed by atoms with Gasteiger partial charge in [-0.3, -0.25) is 0 Å². The second-order valence-corrected chi connectivity index (χ2v) is 4.98. The van der Waals surface area contributed by atoms with Gasteiger partial charge in [-0.1, -0.05) is 48.6 Å². The number of hydrogen-bond donors (Lipinski definition) is 0. The summed E-state index contributed by atoms with van der Waals surface area (Å²) >= 11 is 2.37. The number of benzene rings is 1. The highest BCUT2D eigenvalue weighted by atomic mass is 127. The van der Waals surface area contributed by atoms with Crippen molar-refractivity contribution in [2.75, 3.05) is 11.5 Å². The molecular weight excluding hydrogens is 315 g/mol. The largest absolute Gasteiger partial charge is 0.497 e. The summed E-state index contributed by atoms with van der Waals surface area (Å²) in [6.45, 7) is 5.06. The third-order valence-electron chi connectivity index (χ3n) is 2.52. The number of rotatable bonds is 6. The van der Waals surface area contributed by atoms with Crippen molar-refractivity contribution < 1.29 is 9.47 Å². The Morgan fingerprint density at radius 3 is 2.25 bits per heavy atom. The predicted molar refractivity (Wildman–Crippen MR) is 75.3 cm³/mol. The lowest BCUT2D eigenvalue weighted by molar-refractivity contribution is 0.0286. The molecule has 16 heavy (non-hydrogen) atoms. The molecule has 0 N–H and O–H groups in total. The van der Waals surface area contributed by atoms with Gasteiger partial charge in [0.1, 0.15) is 5.75 Å². The van der Waals surface area contributed by atoms with Crippen molar-refractivity contribution in [2.24, 2.45) is 5.92 Å². The van der Waals surface area contributed by atoms with Crippen LogP contribution in [0.5, 0.6) is 5.75 Å². The van der Waals surface area contributed by atoms with Crippen LogP contribution in [-0.2, 0) is 11.3 Å². The Labute approximate surface area is 111 Å². The Morgan fingerprint density at radius 1 is 1.19 bits per heavy atom. The number of alkyl halides is 1. The quantitative estimate of drug-likeness (QED) is 0.584. The van der Waals surface area contributed by atoms with E-state index in [9.17, 15) is 0 Å². The van der Waals surface area contributed by atoms with Crippen molar-refractivity contribution in [3.05, 3.63) is 29.8 Å². The summed E-state index contributed by atoms with van der Waals surface area (Å²) in [4.78, 5) is 0. The van der Waals surface area contributed by atoms with Gasteiger partial charge in [0.2, 0.25) is 0 Å². The highest BCUT2D eigenvalue weighted by molar-refractivity contribution is 14.1. The van der Waals surface area contributed by atoms with Crippen molar-refractivity contribution in [2.45, 2.75) is 26.6 Å². The number of ether oxygens (including phenoxy) is 2. The molecular formula is C13H19IO2. The van der Waals surface area contributed by atoms with Crippen molar-refractivity contribution in [3.63, 3.8) is 0 Å². The van der Waals surface area contributed by atoms with Crippen molar-refractivity contribution in [1.29, 1.82) is 0 Å². The summed E-state index contributed by atoms with van der Waals surface area (Å²) in [6.07, 6.45) is 0.336. The van der Waals surface area contributed by atoms with Crippen LogP contribution in [-0.4, -0.2) is 17.6 Å². The van der Waals surface area contributed by atoms with E-state index in [2.05, 4.69) is 36.4 Å². The average Bonchev–Trinajstić information content (AvgIpc) is 2.30. The first-order valence-corrected chi connectivity index (χ1v) is 7.00. The fourth-order valence-electron chi connectivity index (χ4n) is 1.34. The lowest BCUT2D eigenvalue weighted by Gasteiger charge is -2.19. The van der Waals surface area contributed by atoms with Crippen LogP contribution < -0.4 is 4.74 Å². The molecule has 2 nitrogen and oxygen atoms in total. The van der Waals surface area contributed by atoms with Gasteiger partial charge in [-0.25, -0.2) is 0 Å². The van der Waals surface area contributed by atoms with Crippen molar-refractivity contribution in [3.8, 4) is 5.75 Å². The standard InChI is InChI=1S/C13H19IO2/c1-10(2)13(8-14)16-9-11-4-6-12(15-3)7-5-11/h4-7,10,13H,8-9H2,1-3H3. The second kappa shape index (κ2) is 7.12. The van der Waals surface area contributed by atoms with E-state index in [1.54, 1.807) is 7.11 Å². The fraction of sp³-hybridized carbons (Fsp3) is 0.538. The molecule has 1 unspecified atom stereocenters. The molecule has 1 rings (SSSR count). The predicted octanol–water partition coefficient (Wildman–Crippen LogP) is 3.67. The van der Waals surface area contributed by atoms with Crippen LogP contribution >= 0.6 is 22.6 Å². The normalized spacial score (nSPS) is 12.8. The molecule has 0 amide bonds. The van der Waals surface area contributed by atoms with Gasteiger partial charge >= 0.3 is 0 Å². The molecule has 0 radical (unpaired) electrons. The highest BCUT2D eigenvalue weighted by Crippen LogP contribution is 2.15. The topological polar surface area (TPSA) is 18.5 Å². The number of halogens is 1. The Hall–Kier alpha value is -0.290. The van der Waals surface area contributed by atoms with Crippen molar-refractivity contribution >= 4 is 22.6 Å². The summed E-state index contributed by atoms with van der Waals surface area (Å²) in [6, 6.07) is 8.02. The van der Waals surface area contributed by atoms with Crippen LogP contribution in [0, 0.1) is 5.92 Å². The molecule has 3 heteroatoms. The van der Waals surface area contributed by atoms with Gasteiger partial charge in [-0.15, -0.1) is 0 Å². The van der Waals surface area contributed by atoms with Crippen LogP contribution in [0.15, 0.2) is 24.3 Å². The first-order valence-electron chi connectivity index (χ1n) is 5.48. The molecule has 0 heterocycles. The van der Waals surface area contributed by atoms with E-state index < -0.39 is 0 Å². The zero-order chi connectivity index (χ0) is 12.0. The minimum atomic E-state index is 0.336. The van der Waals surface area contributed by atoms with Crippen LogP contribution in [0.3, 0.4) is 0 Å². The molecule has 1 aromatic carbocycles. The zero-order valence-corrected chi connectivity index (χ0v) is 12.2. The molecule has 1 atom stereocenters. The molecule has 0 aliphatic carbocycles. The van der Waals surface area contributed by atoms with Crippen molar-refractivity contribution in [1.82, 2.24) is 0 Å². The fourth-order valence-corrected chi connectivity index (χ4v) is 2.61. The summed E-state index contributed by atoms with van der Waals surface area (Å²) in [7, 11) is 1.68. The minimum absolute atomic E-state index is 0.336. The molecule has 0 aliphatic rings. The van der Waals surface area contributed by atoms with E-state index in [4.69, 9.17) is 9.47 Å². The SMILES string of the molecule is COc1ccc(COC(CI)C(C)C)cc1. The van der Waals surface area contributed by atoms with Crippen LogP contribution in [0.2, 0.25) is 0 Å². The molecule has 0 aromatic heterocycles. The van der Waals surface area contributed by atoms with Crippen LogP contribution in [0.1, 0.15) is 19.4 Å². The molecule has 1 aromatic rings. The van der Waals surface area contributed by atoms with Gasteiger partial charge in [0.15, 0.2) is 0 Å². The van der Waals surface area contributed by atoms with E-state index in [0.29, 0.717) is 18.6 Å². The Kier molecular flexibility index (Phi) is 6.13. The molecule has 0 saturated carbocycles. The molecule has 0 aliphatic heterocycles. The maximum Gasteiger partial charge on any atom is 0.118 e. The minimum Gasteiger partial charge on any atom is -0.497 e.